The lowest BCUT2D eigenvalue weighted by molar-refractivity contribution is -0.0654. The summed E-state index contributed by atoms with van der Waals surface area (Å²) < 4.78 is 0. The van der Waals surface area contributed by atoms with Crippen LogP contribution in [0.3, 0.4) is 0 Å². The molecule has 1 atom stereocenters. The van der Waals surface area contributed by atoms with Crippen molar-refractivity contribution < 1.29 is 0 Å². The first kappa shape index (κ1) is 14.4. The maximum absolute atomic E-state index is 2.66. The van der Waals surface area contributed by atoms with Crippen molar-refractivity contribution in [3.8, 4) is 0 Å². The molecule has 4 fully saturated rings. The molecule has 1 unspecified atom stereocenters. The summed E-state index contributed by atoms with van der Waals surface area (Å²) >= 11 is 0. The highest BCUT2D eigenvalue weighted by molar-refractivity contribution is 5.75. The van der Waals surface area contributed by atoms with Crippen molar-refractivity contribution in [3.05, 3.63) is 60.2 Å². The Bertz CT molecular complexity index is 780. The molecular weight excluding hydrogens is 302 g/mol. The fourth-order valence-corrected chi connectivity index (χ4v) is 7.73. The number of rotatable bonds is 1. The molecule has 4 aliphatic carbocycles. The second kappa shape index (κ2) is 4.90. The minimum atomic E-state index is 0.389. The van der Waals surface area contributed by atoms with Gasteiger partial charge in [-0.05, 0) is 86.5 Å². The van der Waals surface area contributed by atoms with Crippen LogP contribution in [-0.2, 0) is 5.41 Å². The van der Waals surface area contributed by atoms with Gasteiger partial charge in [-0.25, -0.2) is 0 Å². The Kier molecular flexibility index (Phi) is 2.83. The zero-order chi connectivity index (χ0) is 16.6. The molecule has 5 aliphatic rings. The van der Waals surface area contributed by atoms with Crippen molar-refractivity contribution in [1.29, 1.82) is 0 Å². The zero-order valence-corrected chi connectivity index (χ0v) is 15.1. The maximum atomic E-state index is 2.66. The second-order valence-corrected chi connectivity index (χ2v) is 9.14. The zero-order valence-electron chi connectivity index (χ0n) is 15.1. The van der Waals surface area contributed by atoms with Crippen LogP contribution < -0.4 is 4.90 Å². The van der Waals surface area contributed by atoms with Crippen LogP contribution in [0.5, 0.6) is 0 Å². The predicted molar refractivity (Wildman–Crippen MR) is 103 cm³/mol. The summed E-state index contributed by atoms with van der Waals surface area (Å²) in [5.41, 5.74) is 4.90. The Hall–Kier alpha value is -1.76. The van der Waals surface area contributed by atoms with Gasteiger partial charge in [-0.15, -0.1) is 0 Å². The molecule has 1 aliphatic heterocycles. The van der Waals surface area contributed by atoms with Crippen molar-refractivity contribution in [2.75, 3.05) is 4.90 Å². The number of para-hydroxylation sites is 2. The highest BCUT2D eigenvalue weighted by atomic mass is 15.2. The molecular formula is C24H27N. The Morgan fingerprint density at radius 3 is 2.04 bits per heavy atom. The molecule has 2 aromatic rings. The lowest BCUT2D eigenvalue weighted by atomic mass is 9.42. The second-order valence-electron chi connectivity index (χ2n) is 9.14. The van der Waals surface area contributed by atoms with Crippen LogP contribution in [0, 0.1) is 23.7 Å². The monoisotopic (exact) mass is 329 g/mol. The van der Waals surface area contributed by atoms with Gasteiger partial charge in [0.25, 0.3) is 0 Å². The Morgan fingerprint density at radius 1 is 0.760 bits per heavy atom. The fraction of sp³-hybridized carbons (Fsp3) is 0.500. The number of nitrogens with zero attached hydrogens (tertiary/aromatic N) is 1. The van der Waals surface area contributed by atoms with E-state index in [-0.39, 0.29) is 0 Å². The normalized spacial score (nSPS) is 40.7. The molecule has 0 radical (unpaired) electrons. The average Bonchev–Trinajstić information content (AvgIpc) is 2.89. The van der Waals surface area contributed by atoms with E-state index >= 15 is 0 Å². The standard InChI is InChI=1S/C24H27N/c1-16-24(19-12-17-11-18(14-19)15-20(24)13-17)22-9-5-6-10-23(22)25(16)21-7-3-2-4-8-21/h2-10,16-20H,11-15H2,1H3. The number of fused-ring (bicyclic) bond motifs is 1. The SMILES string of the molecule is CC1N(c2ccccc2)c2ccccc2C12C1CC3CC(C1)CC2C3. The van der Waals surface area contributed by atoms with Gasteiger partial charge in [0.15, 0.2) is 0 Å². The first-order valence-electron chi connectivity index (χ1n) is 10.2. The first-order chi connectivity index (χ1) is 12.3. The van der Waals surface area contributed by atoms with Gasteiger partial charge < -0.3 is 4.90 Å². The summed E-state index contributed by atoms with van der Waals surface area (Å²) in [6.07, 6.45) is 7.45. The molecule has 7 rings (SSSR count). The van der Waals surface area contributed by atoms with Gasteiger partial charge in [0.05, 0.1) is 0 Å². The largest absolute Gasteiger partial charge is 0.337 e. The predicted octanol–water partition coefficient (Wildman–Crippen LogP) is 5.92. The minimum Gasteiger partial charge on any atom is -0.337 e. The van der Waals surface area contributed by atoms with Crippen molar-refractivity contribution >= 4 is 11.4 Å². The van der Waals surface area contributed by atoms with Gasteiger partial charge in [-0.1, -0.05) is 36.4 Å². The average molecular weight is 329 g/mol. The molecule has 1 spiro atoms. The summed E-state index contributed by atoms with van der Waals surface area (Å²) in [7, 11) is 0. The maximum Gasteiger partial charge on any atom is 0.0452 e. The van der Waals surface area contributed by atoms with E-state index in [1.807, 2.05) is 0 Å². The molecule has 25 heavy (non-hydrogen) atoms. The summed E-state index contributed by atoms with van der Waals surface area (Å²) in [4.78, 5) is 2.66. The van der Waals surface area contributed by atoms with E-state index in [4.69, 9.17) is 0 Å². The van der Waals surface area contributed by atoms with Crippen LogP contribution >= 0.6 is 0 Å². The van der Waals surface area contributed by atoms with E-state index in [0.29, 0.717) is 11.5 Å². The molecule has 1 heterocycles. The molecule has 4 saturated carbocycles. The molecule has 0 saturated heterocycles. The van der Waals surface area contributed by atoms with E-state index in [0.717, 1.165) is 23.7 Å². The van der Waals surface area contributed by atoms with E-state index < -0.39 is 0 Å². The van der Waals surface area contributed by atoms with E-state index in [1.54, 1.807) is 5.56 Å². The van der Waals surface area contributed by atoms with Crippen molar-refractivity contribution in [2.24, 2.45) is 23.7 Å². The van der Waals surface area contributed by atoms with Crippen LogP contribution in [0.25, 0.3) is 0 Å². The highest BCUT2D eigenvalue weighted by Crippen LogP contribution is 2.68. The molecule has 0 N–H and O–H groups in total. The molecule has 128 valence electrons. The van der Waals surface area contributed by atoms with Crippen LogP contribution in [0.4, 0.5) is 11.4 Å². The van der Waals surface area contributed by atoms with Crippen LogP contribution in [-0.4, -0.2) is 6.04 Å². The Morgan fingerprint density at radius 2 is 1.36 bits per heavy atom. The smallest absolute Gasteiger partial charge is 0.0452 e. The van der Waals surface area contributed by atoms with Gasteiger partial charge in [0, 0.05) is 22.8 Å². The van der Waals surface area contributed by atoms with Gasteiger partial charge >= 0.3 is 0 Å². The topological polar surface area (TPSA) is 3.24 Å². The van der Waals surface area contributed by atoms with Gasteiger partial charge in [0.2, 0.25) is 0 Å². The third kappa shape index (κ3) is 1.70. The summed E-state index contributed by atoms with van der Waals surface area (Å²) in [5.74, 6) is 3.85. The molecule has 1 nitrogen and oxygen atoms in total. The van der Waals surface area contributed by atoms with Crippen LogP contribution in [0.1, 0.15) is 44.6 Å². The summed E-state index contributed by atoms with van der Waals surface area (Å²) in [6, 6.07) is 21.0. The third-order valence-corrected chi connectivity index (χ3v) is 8.23. The van der Waals surface area contributed by atoms with Gasteiger partial charge in [-0.3, -0.25) is 0 Å². The lowest BCUT2D eigenvalue weighted by Gasteiger charge is -2.62. The van der Waals surface area contributed by atoms with Gasteiger partial charge in [-0.2, -0.15) is 0 Å². The molecule has 2 aromatic carbocycles. The number of benzene rings is 2. The van der Waals surface area contributed by atoms with E-state index in [1.165, 1.54) is 43.5 Å². The number of hydrogen-bond acceptors (Lipinski definition) is 1. The van der Waals surface area contributed by atoms with Crippen molar-refractivity contribution in [2.45, 2.75) is 50.5 Å². The molecule has 0 aromatic heterocycles. The minimum absolute atomic E-state index is 0.389. The lowest BCUT2D eigenvalue weighted by Crippen LogP contribution is -2.60. The highest BCUT2D eigenvalue weighted by Gasteiger charge is 2.64. The molecule has 1 heteroatoms. The van der Waals surface area contributed by atoms with Gasteiger partial charge in [0.1, 0.15) is 0 Å². The number of anilines is 2. The Labute approximate surface area is 151 Å². The van der Waals surface area contributed by atoms with Crippen LogP contribution in [0.2, 0.25) is 0 Å². The molecule has 4 bridgehead atoms. The van der Waals surface area contributed by atoms with E-state index in [9.17, 15) is 0 Å². The third-order valence-electron chi connectivity index (χ3n) is 8.23. The summed E-state index contributed by atoms with van der Waals surface area (Å²) in [6.45, 7) is 2.52. The quantitative estimate of drug-likeness (QED) is 0.627. The van der Waals surface area contributed by atoms with Crippen molar-refractivity contribution in [1.82, 2.24) is 0 Å². The Balaban J connectivity index is 1.56. The first-order valence-corrected chi connectivity index (χ1v) is 10.2. The molecule has 0 amide bonds. The summed E-state index contributed by atoms with van der Waals surface area (Å²) in [5, 5.41) is 0. The fourth-order valence-electron chi connectivity index (χ4n) is 7.73. The van der Waals surface area contributed by atoms with Crippen molar-refractivity contribution in [3.63, 3.8) is 0 Å². The van der Waals surface area contributed by atoms with E-state index in [2.05, 4.69) is 66.4 Å². The number of hydrogen-bond donors (Lipinski definition) is 0. The van der Waals surface area contributed by atoms with Crippen LogP contribution in [0.15, 0.2) is 54.6 Å².